The highest BCUT2D eigenvalue weighted by atomic mass is 35.5. The third kappa shape index (κ3) is 6.70. The largest absolute Gasteiger partial charge is 0.444 e. The van der Waals surface area contributed by atoms with Gasteiger partial charge in [0, 0.05) is 29.3 Å². The minimum atomic E-state index is -4.25. The second-order valence-corrected chi connectivity index (χ2v) is 13.5. The molecule has 13 heteroatoms. The topological polar surface area (TPSA) is 110 Å². The number of alkyl halides is 2. The molecule has 1 N–H and O–H groups in total. The van der Waals surface area contributed by atoms with Gasteiger partial charge in [0.2, 0.25) is 0 Å². The molecule has 2 atom stereocenters. The van der Waals surface area contributed by atoms with E-state index in [1.54, 1.807) is 45.0 Å². The summed E-state index contributed by atoms with van der Waals surface area (Å²) in [5.41, 5.74) is -0.682. The van der Waals surface area contributed by atoms with E-state index in [0.29, 0.717) is 10.6 Å². The van der Waals surface area contributed by atoms with Crippen molar-refractivity contribution in [2.45, 2.75) is 62.6 Å². The number of sulfone groups is 1. The van der Waals surface area contributed by atoms with Crippen LogP contribution in [0.3, 0.4) is 0 Å². The summed E-state index contributed by atoms with van der Waals surface area (Å²) in [4.78, 5) is 39.9. The number of ether oxygens (including phenoxy) is 1. The molecule has 0 unspecified atom stereocenters. The van der Waals surface area contributed by atoms with Crippen LogP contribution in [0.1, 0.15) is 49.5 Å². The summed E-state index contributed by atoms with van der Waals surface area (Å²) in [5.74, 6) is -6.35. The summed E-state index contributed by atoms with van der Waals surface area (Å²) >= 11 is 12.3. The number of alkyl carbamates (subject to hydrolysis) is 1. The lowest BCUT2D eigenvalue weighted by Crippen LogP contribution is -2.51. The summed E-state index contributed by atoms with van der Waals surface area (Å²) in [6.45, 7) is 4.68. The Morgan fingerprint density at radius 1 is 1.15 bits per heavy atom. The Labute approximate surface area is 234 Å². The highest BCUT2D eigenvalue weighted by Crippen LogP contribution is 2.51. The predicted molar refractivity (Wildman–Crippen MR) is 141 cm³/mol. The number of rotatable bonds is 6. The van der Waals surface area contributed by atoms with E-state index in [-0.39, 0.29) is 27.7 Å². The molecule has 1 saturated carbocycles. The zero-order valence-electron chi connectivity index (χ0n) is 21.3. The molecular formula is C26H26Cl2F2N2O6S. The van der Waals surface area contributed by atoms with Crippen molar-refractivity contribution >= 4 is 56.5 Å². The molecular weight excluding hydrogens is 577 g/mol. The quantitative estimate of drug-likeness (QED) is 0.441. The van der Waals surface area contributed by atoms with Crippen LogP contribution in [0.4, 0.5) is 19.3 Å². The number of ketones is 1. The number of carbonyl (C=O) groups is 3. The maximum atomic E-state index is 13.8. The van der Waals surface area contributed by atoms with Crippen LogP contribution >= 0.6 is 23.2 Å². The van der Waals surface area contributed by atoms with Crippen LogP contribution in [-0.2, 0) is 25.9 Å². The Balaban J connectivity index is 1.78. The molecule has 0 saturated heterocycles. The number of anilines is 1. The van der Waals surface area contributed by atoms with E-state index in [0.717, 1.165) is 17.0 Å². The van der Waals surface area contributed by atoms with Gasteiger partial charge in [-0.3, -0.25) is 9.59 Å². The van der Waals surface area contributed by atoms with E-state index < -0.39 is 69.7 Å². The number of amides is 2. The Kier molecular flexibility index (Phi) is 7.74. The van der Waals surface area contributed by atoms with Gasteiger partial charge in [-0.05, 0) is 50.6 Å². The zero-order valence-corrected chi connectivity index (χ0v) is 23.6. The van der Waals surface area contributed by atoms with Gasteiger partial charge < -0.3 is 15.0 Å². The molecule has 0 radical (unpaired) electrons. The van der Waals surface area contributed by atoms with Crippen molar-refractivity contribution in [3.63, 3.8) is 0 Å². The summed E-state index contributed by atoms with van der Waals surface area (Å²) in [6.07, 6.45) is -1.89. The van der Waals surface area contributed by atoms with Gasteiger partial charge in [0.1, 0.15) is 11.6 Å². The van der Waals surface area contributed by atoms with Crippen LogP contribution in [0.25, 0.3) is 0 Å². The van der Waals surface area contributed by atoms with Gasteiger partial charge >= 0.3 is 6.09 Å². The first-order valence-electron chi connectivity index (χ1n) is 12.0. The van der Waals surface area contributed by atoms with Crippen LogP contribution in [0.2, 0.25) is 10.0 Å². The van der Waals surface area contributed by atoms with Gasteiger partial charge in [0.25, 0.3) is 11.8 Å². The van der Waals surface area contributed by atoms with Gasteiger partial charge in [-0.15, -0.1) is 0 Å². The standard InChI is InChI=1S/C26H26Cl2F2N2O6S/c1-25(2,3)38-24(35)31-19-13-39(36,37)22-10-18(28)17(21(33)8-15-11-26(15,29)30)9-20(22)32(23(19)34)12-14-4-6-16(27)7-5-14/h4-7,9-10,15,19H,8,11-13H2,1-3H3,(H,31,35)/t15-,19+/m1/s1. The molecule has 0 bridgehead atoms. The summed E-state index contributed by atoms with van der Waals surface area (Å²) in [6, 6.07) is 7.07. The van der Waals surface area contributed by atoms with E-state index >= 15 is 0 Å². The number of hydrogen-bond donors (Lipinski definition) is 1. The molecule has 2 aromatic rings. The van der Waals surface area contributed by atoms with Crippen molar-refractivity contribution in [1.82, 2.24) is 5.32 Å². The SMILES string of the molecule is CC(C)(C)OC(=O)N[C@H]1CS(=O)(=O)c2cc(Cl)c(C(=O)C[C@@H]3CC3(F)F)cc2N(Cc2ccc(Cl)cc2)C1=O. The lowest BCUT2D eigenvalue weighted by molar-refractivity contribution is -0.120. The minimum Gasteiger partial charge on any atom is -0.444 e. The van der Waals surface area contributed by atoms with Crippen LogP contribution in [-0.4, -0.2) is 49.5 Å². The van der Waals surface area contributed by atoms with Crippen molar-refractivity contribution in [2.24, 2.45) is 5.92 Å². The zero-order chi connectivity index (χ0) is 28.9. The Morgan fingerprint density at radius 2 is 1.77 bits per heavy atom. The van der Waals surface area contributed by atoms with Crippen LogP contribution in [0.5, 0.6) is 0 Å². The molecule has 1 fully saturated rings. The molecule has 0 aromatic heterocycles. The molecule has 2 amide bonds. The van der Waals surface area contributed by atoms with Crippen molar-refractivity contribution in [3.05, 3.63) is 57.6 Å². The van der Waals surface area contributed by atoms with E-state index in [9.17, 15) is 31.6 Å². The maximum Gasteiger partial charge on any atom is 0.408 e. The van der Waals surface area contributed by atoms with E-state index in [1.165, 1.54) is 0 Å². The Morgan fingerprint density at radius 3 is 2.33 bits per heavy atom. The number of Topliss-reactive ketones (excluding diaryl/α,β-unsaturated/α-hetero) is 1. The second kappa shape index (κ2) is 10.3. The fourth-order valence-electron chi connectivity index (χ4n) is 4.22. The molecule has 1 heterocycles. The number of carbonyl (C=O) groups excluding carboxylic acids is 3. The molecule has 1 aliphatic heterocycles. The van der Waals surface area contributed by atoms with Crippen molar-refractivity contribution in [2.75, 3.05) is 10.7 Å². The highest BCUT2D eigenvalue weighted by molar-refractivity contribution is 7.91. The highest BCUT2D eigenvalue weighted by Gasteiger charge is 2.57. The molecule has 0 spiro atoms. The van der Waals surface area contributed by atoms with E-state index in [2.05, 4.69) is 5.32 Å². The molecule has 1 aliphatic carbocycles. The summed E-state index contributed by atoms with van der Waals surface area (Å²) in [5, 5.41) is 2.53. The van der Waals surface area contributed by atoms with Gasteiger partial charge in [-0.1, -0.05) is 35.3 Å². The molecule has 8 nitrogen and oxygen atoms in total. The minimum absolute atomic E-state index is 0.152. The first-order valence-corrected chi connectivity index (χ1v) is 14.4. The molecule has 210 valence electrons. The van der Waals surface area contributed by atoms with Gasteiger partial charge in [0.05, 0.1) is 27.9 Å². The molecule has 39 heavy (non-hydrogen) atoms. The fraction of sp³-hybridized carbons (Fsp3) is 0.423. The molecule has 2 aliphatic rings. The number of hydrogen-bond acceptors (Lipinski definition) is 6. The number of fused-ring (bicyclic) bond motifs is 1. The average molecular weight is 603 g/mol. The smallest absolute Gasteiger partial charge is 0.408 e. The van der Waals surface area contributed by atoms with Crippen molar-refractivity contribution in [1.29, 1.82) is 0 Å². The third-order valence-corrected chi connectivity index (χ3v) is 8.59. The van der Waals surface area contributed by atoms with Crippen molar-refractivity contribution in [3.8, 4) is 0 Å². The van der Waals surface area contributed by atoms with Gasteiger partial charge in [-0.2, -0.15) is 0 Å². The Hall–Kier alpha value is -2.76. The summed E-state index contributed by atoms with van der Waals surface area (Å²) in [7, 11) is -4.25. The lowest BCUT2D eigenvalue weighted by Gasteiger charge is -2.27. The number of halogens is 4. The normalized spacial score (nSPS) is 21.5. The summed E-state index contributed by atoms with van der Waals surface area (Å²) < 4.78 is 59.0. The van der Waals surface area contributed by atoms with Crippen LogP contribution < -0.4 is 10.2 Å². The first-order chi connectivity index (χ1) is 18.0. The number of benzene rings is 2. The van der Waals surface area contributed by atoms with Crippen molar-refractivity contribution < 1.29 is 36.3 Å². The number of nitrogens with zero attached hydrogens (tertiary/aromatic N) is 1. The second-order valence-electron chi connectivity index (χ2n) is 10.6. The Bertz CT molecular complexity index is 1440. The predicted octanol–water partition coefficient (Wildman–Crippen LogP) is 5.44. The first kappa shape index (κ1) is 29.2. The van der Waals surface area contributed by atoms with Crippen LogP contribution in [0.15, 0.2) is 41.3 Å². The van der Waals surface area contributed by atoms with Crippen LogP contribution in [0, 0.1) is 5.92 Å². The molecule has 2 aromatic carbocycles. The number of nitrogens with one attached hydrogen (secondary N) is 1. The van der Waals surface area contributed by atoms with Gasteiger partial charge in [0.15, 0.2) is 15.6 Å². The maximum absolute atomic E-state index is 13.8. The average Bonchev–Trinajstić information content (AvgIpc) is 3.42. The lowest BCUT2D eigenvalue weighted by atomic mass is 10.0. The van der Waals surface area contributed by atoms with E-state index in [4.69, 9.17) is 27.9 Å². The fourth-order valence-corrected chi connectivity index (χ4v) is 6.31. The third-order valence-electron chi connectivity index (χ3n) is 6.26. The monoisotopic (exact) mass is 602 g/mol. The van der Waals surface area contributed by atoms with Gasteiger partial charge in [-0.25, -0.2) is 22.0 Å². The van der Waals surface area contributed by atoms with E-state index in [1.807, 2.05) is 0 Å². The molecule has 4 rings (SSSR count).